The third-order valence-corrected chi connectivity index (χ3v) is 6.97. The summed E-state index contributed by atoms with van der Waals surface area (Å²) >= 11 is 0. The van der Waals surface area contributed by atoms with E-state index in [2.05, 4.69) is 11.9 Å². The van der Waals surface area contributed by atoms with E-state index in [9.17, 15) is 14.7 Å². The molecule has 3 N–H and O–H groups in total. The van der Waals surface area contributed by atoms with Crippen molar-refractivity contribution >= 4 is 11.9 Å². The van der Waals surface area contributed by atoms with Crippen molar-refractivity contribution in [2.24, 2.45) is 11.7 Å². The summed E-state index contributed by atoms with van der Waals surface area (Å²) in [6, 6.07) is 5.32. The van der Waals surface area contributed by atoms with Crippen LogP contribution < -0.4 is 15.2 Å². The number of nitrogens with zero attached hydrogens (tertiary/aromatic N) is 4. The van der Waals surface area contributed by atoms with Gasteiger partial charge in [-0.3, -0.25) is 14.5 Å². The number of aryl methyl sites for hydroxylation is 1. The first-order chi connectivity index (χ1) is 17.0. The number of hydrogen-bond donors (Lipinski definition) is 2. The molecule has 10 nitrogen and oxygen atoms in total. The fourth-order valence-electron chi connectivity index (χ4n) is 5.17. The van der Waals surface area contributed by atoms with E-state index < -0.39 is 11.9 Å². The normalized spacial score (nSPS) is 21.4. The number of hydrogen-bond acceptors (Lipinski definition) is 7. The minimum atomic E-state index is -0.858. The molecule has 1 aromatic heterocycles. The lowest BCUT2D eigenvalue weighted by Crippen LogP contribution is -2.46. The number of aliphatic carboxylic acids is 1. The number of carboxylic acids is 1. The van der Waals surface area contributed by atoms with Gasteiger partial charge in [-0.05, 0) is 30.5 Å². The smallest absolute Gasteiger partial charge is 0.308 e. The van der Waals surface area contributed by atoms with Crippen molar-refractivity contribution in [2.75, 3.05) is 39.5 Å². The number of carbonyl (C=O) groups excluding carboxylic acids is 1. The number of aromatic nitrogens is 2. The molecule has 0 radical (unpaired) electrons. The fraction of sp³-hybridized carbons (Fsp3) is 0.560. The highest BCUT2D eigenvalue weighted by atomic mass is 16.7. The molecule has 190 valence electrons. The highest BCUT2D eigenvalue weighted by Gasteiger charge is 2.47. The van der Waals surface area contributed by atoms with Crippen molar-refractivity contribution in [1.29, 1.82) is 0 Å². The number of nitrogens with two attached hydrogens (primary N) is 1. The standard InChI is InChI=1S/C25H35N5O5/c1-2-3-9-29(11-7-26)23(31)15-30-14-19(18-4-5-21-22(13-18)35-17-34-21)24(25(32)33)20(30)6-10-28-12-8-27-16-28/h4-5,8,12-13,16,19-20,24H,2-3,6-7,9-11,14-15,17,26H2,1H3,(H,32,33)/t19-,20+,24?/m1/s1. The average Bonchev–Trinajstić information content (AvgIpc) is 3.59. The maximum absolute atomic E-state index is 13.3. The molecule has 3 atom stereocenters. The van der Waals surface area contributed by atoms with Crippen LogP contribution >= 0.6 is 0 Å². The highest BCUT2D eigenvalue weighted by molar-refractivity contribution is 5.79. The van der Waals surface area contributed by atoms with Crippen molar-refractivity contribution in [3.8, 4) is 11.5 Å². The van der Waals surface area contributed by atoms with Crippen LogP contribution in [0.15, 0.2) is 36.9 Å². The van der Waals surface area contributed by atoms with Crippen LogP contribution in [0.5, 0.6) is 11.5 Å². The second-order valence-electron chi connectivity index (χ2n) is 9.19. The Labute approximate surface area is 205 Å². The van der Waals surface area contributed by atoms with Gasteiger partial charge >= 0.3 is 5.97 Å². The maximum Gasteiger partial charge on any atom is 0.308 e. The van der Waals surface area contributed by atoms with Crippen LogP contribution in [0.1, 0.15) is 37.7 Å². The zero-order valence-corrected chi connectivity index (χ0v) is 20.2. The molecule has 0 bridgehead atoms. The van der Waals surface area contributed by atoms with Gasteiger partial charge in [0.2, 0.25) is 12.7 Å². The molecule has 1 saturated heterocycles. The number of carboxylic acid groups (broad SMARTS) is 1. The van der Waals surface area contributed by atoms with Gasteiger partial charge in [-0.25, -0.2) is 4.98 Å². The number of fused-ring (bicyclic) bond motifs is 1. The largest absolute Gasteiger partial charge is 0.481 e. The monoisotopic (exact) mass is 485 g/mol. The average molecular weight is 486 g/mol. The van der Waals surface area contributed by atoms with Crippen molar-refractivity contribution in [2.45, 2.75) is 44.7 Å². The summed E-state index contributed by atoms with van der Waals surface area (Å²) in [5, 5.41) is 10.3. The van der Waals surface area contributed by atoms with Gasteiger partial charge in [-0.1, -0.05) is 19.4 Å². The van der Waals surface area contributed by atoms with Gasteiger partial charge in [0.15, 0.2) is 11.5 Å². The van der Waals surface area contributed by atoms with Crippen molar-refractivity contribution in [3.63, 3.8) is 0 Å². The van der Waals surface area contributed by atoms with Crippen LogP contribution in [-0.4, -0.2) is 81.9 Å². The van der Waals surface area contributed by atoms with E-state index in [1.165, 1.54) is 0 Å². The van der Waals surface area contributed by atoms with Gasteiger partial charge < -0.3 is 29.8 Å². The number of amides is 1. The molecule has 1 unspecified atom stereocenters. The minimum Gasteiger partial charge on any atom is -0.481 e. The van der Waals surface area contributed by atoms with Gasteiger partial charge in [-0.2, -0.15) is 0 Å². The topological polar surface area (TPSA) is 123 Å². The second kappa shape index (κ2) is 11.5. The number of likely N-dealkylation sites (tertiary alicyclic amines) is 1. The molecular weight excluding hydrogens is 450 g/mol. The number of carbonyl (C=O) groups is 2. The second-order valence-corrected chi connectivity index (χ2v) is 9.19. The van der Waals surface area contributed by atoms with Crippen molar-refractivity contribution in [1.82, 2.24) is 19.4 Å². The Morgan fingerprint density at radius 2 is 2.09 bits per heavy atom. The summed E-state index contributed by atoms with van der Waals surface area (Å²) in [5.41, 5.74) is 6.65. The number of rotatable bonds is 12. The third-order valence-electron chi connectivity index (χ3n) is 6.97. The molecular formula is C25H35N5O5. The Bertz CT molecular complexity index is 998. The lowest BCUT2D eigenvalue weighted by Gasteiger charge is -2.29. The molecule has 2 aliphatic heterocycles. The quantitative estimate of drug-likeness (QED) is 0.466. The minimum absolute atomic E-state index is 0.00740. The van der Waals surface area contributed by atoms with Crippen LogP contribution in [-0.2, 0) is 16.1 Å². The maximum atomic E-state index is 13.3. The van der Waals surface area contributed by atoms with Crippen molar-refractivity contribution in [3.05, 3.63) is 42.5 Å². The van der Waals surface area contributed by atoms with Gasteiger partial charge in [0.25, 0.3) is 0 Å². The Kier molecular flexibility index (Phi) is 8.25. The number of benzene rings is 1. The van der Waals surface area contributed by atoms with Gasteiger partial charge in [0, 0.05) is 57.1 Å². The third kappa shape index (κ3) is 5.76. The van der Waals surface area contributed by atoms with E-state index in [0.717, 1.165) is 18.4 Å². The van der Waals surface area contributed by atoms with Crippen molar-refractivity contribution < 1.29 is 24.2 Å². The predicted molar refractivity (Wildman–Crippen MR) is 129 cm³/mol. The van der Waals surface area contributed by atoms with E-state index >= 15 is 0 Å². The molecule has 0 spiro atoms. The molecule has 1 aromatic carbocycles. The lowest BCUT2D eigenvalue weighted by atomic mass is 9.84. The van der Waals surface area contributed by atoms with E-state index in [1.807, 2.05) is 33.9 Å². The van der Waals surface area contributed by atoms with E-state index in [0.29, 0.717) is 50.6 Å². The first kappa shape index (κ1) is 25.0. The molecule has 35 heavy (non-hydrogen) atoms. The van der Waals surface area contributed by atoms with E-state index in [1.54, 1.807) is 17.4 Å². The van der Waals surface area contributed by atoms with Crippen LogP contribution in [0, 0.1) is 5.92 Å². The SMILES string of the molecule is CCCCN(CCN)C(=O)CN1C[C@H](c2ccc3c(c2)OCO3)C(C(=O)O)[C@@H]1CCn1ccnc1. The number of unbranched alkanes of at least 4 members (excludes halogenated alkanes) is 1. The summed E-state index contributed by atoms with van der Waals surface area (Å²) in [4.78, 5) is 33.8. The Morgan fingerprint density at radius 3 is 2.80 bits per heavy atom. The van der Waals surface area contributed by atoms with E-state index in [4.69, 9.17) is 15.2 Å². The molecule has 2 aromatic rings. The first-order valence-electron chi connectivity index (χ1n) is 12.3. The van der Waals surface area contributed by atoms with Gasteiger partial charge in [-0.15, -0.1) is 0 Å². The Morgan fingerprint density at radius 1 is 1.26 bits per heavy atom. The molecule has 4 rings (SSSR count). The van der Waals surface area contributed by atoms with Crippen LogP contribution in [0.4, 0.5) is 0 Å². The van der Waals surface area contributed by atoms with Crippen LogP contribution in [0.25, 0.3) is 0 Å². The molecule has 10 heteroatoms. The van der Waals surface area contributed by atoms with Gasteiger partial charge in [0.05, 0.1) is 18.8 Å². The van der Waals surface area contributed by atoms with Crippen LogP contribution in [0.3, 0.4) is 0 Å². The predicted octanol–water partition coefficient (Wildman–Crippen LogP) is 1.76. The molecule has 2 aliphatic rings. The Hall–Kier alpha value is -3.11. The van der Waals surface area contributed by atoms with E-state index in [-0.39, 0.29) is 31.2 Å². The molecule has 1 fully saturated rings. The zero-order chi connectivity index (χ0) is 24.8. The Balaban J connectivity index is 1.58. The highest BCUT2D eigenvalue weighted by Crippen LogP contribution is 2.42. The summed E-state index contributed by atoms with van der Waals surface area (Å²) in [6.07, 6.45) is 7.78. The molecule has 0 aliphatic carbocycles. The summed E-state index contributed by atoms with van der Waals surface area (Å²) in [7, 11) is 0. The number of ether oxygens (including phenoxy) is 2. The molecule has 1 amide bonds. The summed E-state index contributed by atoms with van der Waals surface area (Å²) in [5.74, 6) is -0.512. The molecule has 0 saturated carbocycles. The van der Waals surface area contributed by atoms with Crippen LogP contribution in [0.2, 0.25) is 0 Å². The fourth-order valence-corrected chi connectivity index (χ4v) is 5.17. The summed E-state index contributed by atoms with van der Waals surface area (Å²) in [6.45, 7) is 5.07. The zero-order valence-electron chi connectivity index (χ0n) is 20.2. The lowest BCUT2D eigenvalue weighted by molar-refractivity contribution is -0.143. The first-order valence-corrected chi connectivity index (χ1v) is 12.3. The summed E-state index contributed by atoms with van der Waals surface area (Å²) < 4.78 is 12.9. The molecule has 3 heterocycles. The van der Waals surface area contributed by atoms with Gasteiger partial charge in [0.1, 0.15) is 0 Å². The number of imidazole rings is 1.